The van der Waals surface area contributed by atoms with E-state index in [1.807, 2.05) is 61.0 Å². The Morgan fingerprint density at radius 2 is 1.50 bits per heavy atom. The average molecular weight is 395 g/mol. The first kappa shape index (κ1) is 18.3. The second-order valence-corrected chi connectivity index (χ2v) is 7.59. The van der Waals surface area contributed by atoms with Gasteiger partial charge >= 0.3 is 0 Å². The van der Waals surface area contributed by atoms with Gasteiger partial charge in [-0.2, -0.15) is 5.10 Å². The van der Waals surface area contributed by atoms with Gasteiger partial charge in [0.15, 0.2) is 0 Å². The fourth-order valence-electron chi connectivity index (χ4n) is 4.23. The van der Waals surface area contributed by atoms with Gasteiger partial charge in [0.2, 0.25) is 0 Å². The summed E-state index contributed by atoms with van der Waals surface area (Å²) in [6, 6.07) is 23.1. The number of carbonyl (C=O) groups is 2. The second kappa shape index (κ2) is 6.95. The summed E-state index contributed by atoms with van der Waals surface area (Å²) in [5.74, 6) is -0.529. The molecule has 0 bridgehead atoms. The zero-order valence-electron chi connectivity index (χ0n) is 16.9. The van der Waals surface area contributed by atoms with Crippen LogP contribution in [0.2, 0.25) is 0 Å². The summed E-state index contributed by atoms with van der Waals surface area (Å²) in [4.78, 5) is 27.6. The van der Waals surface area contributed by atoms with Gasteiger partial charge in [0.25, 0.3) is 11.8 Å². The van der Waals surface area contributed by atoms with Crippen LogP contribution in [0.15, 0.2) is 72.8 Å². The van der Waals surface area contributed by atoms with Crippen molar-refractivity contribution >= 4 is 22.7 Å². The number of nitrogens with zero attached hydrogens (tertiary/aromatic N) is 3. The predicted molar refractivity (Wildman–Crippen MR) is 116 cm³/mol. The number of fused-ring (bicyclic) bond motifs is 2. The molecule has 148 valence electrons. The lowest BCUT2D eigenvalue weighted by Crippen LogP contribution is -2.37. The number of hydrogen-bond donors (Lipinski definition) is 0. The van der Waals surface area contributed by atoms with Crippen molar-refractivity contribution in [2.75, 3.05) is 0 Å². The smallest absolute Gasteiger partial charge is 0.263 e. The maximum atomic E-state index is 13.1. The van der Waals surface area contributed by atoms with Gasteiger partial charge in [-0.1, -0.05) is 61.0 Å². The molecule has 4 aromatic rings. The Labute approximate surface area is 174 Å². The van der Waals surface area contributed by atoms with Crippen LogP contribution in [0.3, 0.4) is 0 Å². The molecule has 0 N–H and O–H groups in total. The Morgan fingerprint density at radius 1 is 0.867 bits per heavy atom. The van der Waals surface area contributed by atoms with Crippen LogP contribution < -0.4 is 0 Å². The summed E-state index contributed by atoms with van der Waals surface area (Å²) in [5.41, 5.74) is 4.80. The van der Waals surface area contributed by atoms with E-state index in [9.17, 15) is 9.59 Å². The predicted octanol–water partition coefficient (Wildman–Crippen LogP) is 5.22. The zero-order chi connectivity index (χ0) is 20.8. The number of hydrogen-bond acceptors (Lipinski definition) is 3. The minimum atomic E-state index is -0.500. The number of benzene rings is 3. The highest BCUT2D eigenvalue weighted by Crippen LogP contribution is 2.35. The number of rotatable bonds is 4. The lowest BCUT2D eigenvalue weighted by Gasteiger charge is -2.26. The number of aromatic nitrogens is 2. The van der Waals surface area contributed by atoms with Crippen molar-refractivity contribution in [1.29, 1.82) is 0 Å². The van der Waals surface area contributed by atoms with E-state index in [0.717, 1.165) is 27.7 Å². The van der Waals surface area contributed by atoms with Gasteiger partial charge in [-0.3, -0.25) is 14.5 Å². The van der Waals surface area contributed by atoms with Crippen molar-refractivity contribution < 1.29 is 9.59 Å². The molecular weight excluding hydrogens is 374 g/mol. The summed E-state index contributed by atoms with van der Waals surface area (Å²) in [6.07, 6.45) is 0.0599. The third-order valence-corrected chi connectivity index (χ3v) is 5.68. The summed E-state index contributed by atoms with van der Waals surface area (Å²) in [7, 11) is 0. The van der Waals surface area contributed by atoms with Crippen LogP contribution in [0.4, 0.5) is 0 Å². The number of carbonyl (C=O) groups excluding carboxylic acids is 2. The summed E-state index contributed by atoms with van der Waals surface area (Å²) >= 11 is 0. The molecule has 2 heterocycles. The van der Waals surface area contributed by atoms with Gasteiger partial charge in [0, 0.05) is 10.9 Å². The molecule has 1 aliphatic rings. The van der Waals surface area contributed by atoms with E-state index < -0.39 is 6.17 Å². The Balaban J connectivity index is 1.69. The van der Waals surface area contributed by atoms with E-state index in [0.29, 0.717) is 17.5 Å². The average Bonchev–Trinajstić information content (AvgIpc) is 3.26. The van der Waals surface area contributed by atoms with Crippen molar-refractivity contribution in [3.05, 3.63) is 89.5 Å². The van der Waals surface area contributed by atoms with Gasteiger partial charge < -0.3 is 0 Å². The highest BCUT2D eigenvalue weighted by atomic mass is 16.2. The van der Waals surface area contributed by atoms with Crippen molar-refractivity contribution in [2.24, 2.45) is 0 Å². The SMILES string of the molecule is CCC(N1C(=O)c2ccccc2C1=O)n1nc(-c2ccccc2)c2cc(C)ccc21. The van der Waals surface area contributed by atoms with Crippen LogP contribution in [-0.4, -0.2) is 26.5 Å². The standard InChI is InChI=1S/C25H21N3O2/c1-3-22(27-24(29)18-11-7-8-12-19(18)25(27)30)28-21-14-13-16(2)15-20(21)23(26-28)17-9-5-4-6-10-17/h4-15,22H,3H2,1-2H3. The van der Waals surface area contributed by atoms with Crippen LogP contribution in [0.1, 0.15) is 45.8 Å². The van der Waals surface area contributed by atoms with Crippen molar-refractivity contribution in [2.45, 2.75) is 26.4 Å². The largest absolute Gasteiger partial charge is 0.268 e. The molecule has 0 fully saturated rings. The maximum absolute atomic E-state index is 13.1. The van der Waals surface area contributed by atoms with Gasteiger partial charge in [0.1, 0.15) is 11.9 Å². The maximum Gasteiger partial charge on any atom is 0.263 e. The lowest BCUT2D eigenvalue weighted by atomic mass is 10.1. The molecule has 0 aliphatic carbocycles. The van der Waals surface area contributed by atoms with Crippen molar-refractivity contribution in [3.63, 3.8) is 0 Å². The van der Waals surface area contributed by atoms with Crippen LogP contribution in [0, 0.1) is 6.92 Å². The van der Waals surface area contributed by atoms with E-state index in [1.165, 1.54) is 4.90 Å². The number of amides is 2. The van der Waals surface area contributed by atoms with Crippen LogP contribution in [0.5, 0.6) is 0 Å². The molecule has 1 atom stereocenters. The molecule has 3 aromatic carbocycles. The molecule has 0 saturated carbocycles. The van der Waals surface area contributed by atoms with E-state index in [4.69, 9.17) is 5.10 Å². The highest BCUT2D eigenvalue weighted by Gasteiger charge is 2.40. The molecule has 0 saturated heterocycles. The van der Waals surface area contributed by atoms with Gasteiger partial charge in [-0.05, 0) is 37.6 Å². The molecule has 2 amide bonds. The molecule has 30 heavy (non-hydrogen) atoms. The Kier molecular flexibility index (Phi) is 4.24. The number of imide groups is 1. The molecule has 0 radical (unpaired) electrons. The van der Waals surface area contributed by atoms with E-state index in [1.54, 1.807) is 24.3 Å². The summed E-state index contributed by atoms with van der Waals surface area (Å²) in [5, 5.41) is 5.93. The first-order chi connectivity index (χ1) is 14.6. The minimum absolute atomic E-state index is 0.264. The molecule has 5 nitrogen and oxygen atoms in total. The minimum Gasteiger partial charge on any atom is -0.268 e. The molecule has 5 heteroatoms. The Hall–Kier alpha value is -3.73. The lowest BCUT2D eigenvalue weighted by molar-refractivity contribution is 0.0496. The zero-order valence-corrected chi connectivity index (χ0v) is 16.9. The second-order valence-electron chi connectivity index (χ2n) is 7.59. The molecule has 0 spiro atoms. The highest BCUT2D eigenvalue weighted by molar-refractivity contribution is 6.21. The first-order valence-corrected chi connectivity index (χ1v) is 10.1. The van der Waals surface area contributed by atoms with E-state index in [-0.39, 0.29) is 11.8 Å². The van der Waals surface area contributed by atoms with Gasteiger partial charge in [-0.25, -0.2) is 4.68 Å². The van der Waals surface area contributed by atoms with Crippen LogP contribution in [0.25, 0.3) is 22.2 Å². The fraction of sp³-hybridized carbons (Fsp3) is 0.160. The Bertz CT molecular complexity index is 1260. The van der Waals surface area contributed by atoms with Crippen molar-refractivity contribution in [3.8, 4) is 11.3 Å². The molecule has 1 unspecified atom stereocenters. The van der Waals surface area contributed by atoms with E-state index >= 15 is 0 Å². The Morgan fingerprint density at radius 3 is 2.13 bits per heavy atom. The monoisotopic (exact) mass is 395 g/mol. The fourth-order valence-corrected chi connectivity index (χ4v) is 4.23. The topological polar surface area (TPSA) is 55.2 Å². The molecule has 1 aliphatic heterocycles. The van der Waals surface area contributed by atoms with Crippen LogP contribution >= 0.6 is 0 Å². The first-order valence-electron chi connectivity index (χ1n) is 10.1. The van der Waals surface area contributed by atoms with Crippen LogP contribution in [-0.2, 0) is 0 Å². The van der Waals surface area contributed by atoms with Crippen molar-refractivity contribution in [1.82, 2.24) is 14.7 Å². The molecular formula is C25H21N3O2. The molecule has 1 aromatic heterocycles. The third kappa shape index (κ3) is 2.66. The van der Waals surface area contributed by atoms with Gasteiger partial charge in [0.05, 0.1) is 16.6 Å². The van der Waals surface area contributed by atoms with Gasteiger partial charge in [-0.15, -0.1) is 0 Å². The quantitative estimate of drug-likeness (QED) is 0.445. The normalized spacial score (nSPS) is 14.4. The molecule has 5 rings (SSSR count). The summed E-state index contributed by atoms with van der Waals surface area (Å²) in [6.45, 7) is 4.02. The number of aryl methyl sites for hydroxylation is 1. The van der Waals surface area contributed by atoms with E-state index in [2.05, 4.69) is 6.07 Å². The summed E-state index contributed by atoms with van der Waals surface area (Å²) < 4.78 is 1.83. The third-order valence-electron chi connectivity index (χ3n) is 5.68.